The molecule has 2 nitrogen and oxygen atoms in total. The number of rotatable bonds is 7. The summed E-state index contributed by atoms with van der Waals surface area (Å²) in [6, 6.07) is 86.2. The number of fused-ring (bicyclic) bond motifs is 7. The Morgan fingerprint density at radius 3 is 1.52 bits per heavy atom. The average molecular weight is 829 g/mol. The molecule has 2 aliphatic rings. The lowest BCUT2D eigenvalue weighted by Gasteiger charge is -2.50. The second-order valence-corrected chi connectivity index (χ2v) is 17.3. The maximum Gasteiger partial charge on any atom is 0.160 e. The fourth-order valence-electron chi connectivity index (χ4n) is 11.2. The molecule has 2 unspecified atom stereocenters. The van der Waals surface area contributed by atoms with Crippen molar-refractivity contribution in [2.45, 2.75) is 17.8 Å². The van der Waals surface area contributed by atoms with E-state index in [4.69, 9.17) is 9.98 Å². The standard InChI is InChI=1S/C63H44N2/c1-42(46-38-36-44-20-9-11-22-48(44)40-46)64-61(65-43(2)47-39-37-45-21-10-12-23-49(45)41-47)54-29-14-16-32-56(54)62(50-24-5-3-6-25-50)57-33-17-18-34-58(57)63(51-26-7-4-8-27-51)55-31-15-13-28-52(55)53-30-19-35-59(62)60(53)63/h3-41H,1H2,2H3. The van der Waals surface area contributed by atoms with Crippen LogP contribution in [0.4, 0.5) is 0 Å². The van der Waals surface area contributed by atoms with Crippen molar-refractivity contribution < 1.29 is 0 Å². The van der Waals surface area contributed by atoms with E-state index in [1.165, 1.54) is 66.2 Å². The molecule has 2 heteroatoms. The molecule has 0 saturated heterocycles. The van der Waals surface area contributed by atoms with Crippen molar-refractivity contribution >= 4 is 38.8 Å². The van der Waals surface area contributed by atoms with Gasteiger partial charge in [-0.15, -0.1) is 0 Å². The van der Waals surface area contributed by atoms with E-state index in [-0.39, 0.29) is 0 Å². The van der Waals surface area contributed by atoms with E-state index in [0.717, 1.165) is 33.4 Å². The normalized spacial score (nSPS) is 17.4. The minimum atomic E-state index is -0.794. The molecule has 10 aromatic carbocycles. The van der Waals surface area contributed by atoms with Gasteiger partial charge in [-0.25, -0.2) is 9.98 Å². The van der Waals surface area contributed by atoms with E-state index < -0.39 is 10.8 Å². The van der Waals surface area contributed by atoms with Crippen molar-refractivity contribution in [2.24, 2.45) is 9.98 Å². The molecule has 10 aromatic rings. The molecular weight excluding hydrogens is 785 g/mol. The Morgan fingerprint density at radius 2 is 0.846 bits per heavy atom. The predicted molar refractivity (Wildman–Crippen MR) is 271 cm³/mol. The molecule has 0 spiro atoms. The molecule has 0 aromatic heterocycles. The van der Waals surface area contributed by atoms with Crippen molar-refractivity contribution in [1.29, 1.82) is 0 Å². The maximum atomic E-state index is 5.59. The van der Waals surface area contributed by atoms with Gasteiger partial charge in [-0.3, -0.25) is 0 Å². The summed E-state index contributed by atoms with van der Waals surface area (Å²) < 4.78 is 0. The van der Waals surface area contributed by atoms with Crippen molar-refractivity contribution in [1.82, 2.24) is 0 Å². The van der Waals surface area contributed by atoms with Gasteiger partial charge < -0.3 is 0 Å². The Kier molecular flexibility index (Phi) is 9.03. The highest BCUT2D eigenvalue weighted by Gasteiger charge is 2.58. The lowest BCUT2D eigenvalue weighted by molar-refractivity contribution is 0.626. The summed E-state index contributed by atoms with van der Waals surface area (Å²) in [7, 11) is 0. The molecule has 0 amide bonds. The smallest absolute Gasteiger partial charge is 0.160 e. The van der Waals surface area contributed by atoms with Crippen LogP contribution in [-0.4, -0.2) is 11.5 Å². The number of amidine groups is 1. The Balaban J connectivity index is 1.18. The molecule has 306 valence electrons. The van der Waals surface area contributed by atoms with Crippen LogP contribution < -0.4 is 0 Å². The van der Waals surface area contributed by atoms with E-state index >= 15 is 0 Å². The molecule has 0 heterocycles. The molecule has 12 rings (SSSR count). The number of aliphatic imine (C=N–C) groups is 2. The Hall–Kier alpha value is -8.20. The topological polar surface area (TPSA) is 24.7 Å². The molecule has 65 heavy (non-hydrogen) atoms. The molecule has 0 aliphatic heterocycles. The highest BCUT2D eigenvalue weighted by Crippen LogP contribution is 2.66. The van der Waals surface area contributed by atoms with Crippen LogP contribution in [0.2, 0.25) is 0 Å². The third kappa shape index (κ3) is 5.81. The first kappa shape index (κ1) is 38.5. The predicted octanol–water partition coefficient (Wildman–Crippen LogP) is 15.0. The van der Waals surface area contributed by atoms with Gasteiger partial charge in [0.25, 0.3) is 0 Å². The third-order valence-corrected chi connectivity index (χ3v) is 13.9. The van der Waals surface area contributed by atoms with Crippen LogP contribution in [-0.2, 0) is 10.8 Å². The van der Waals surface area contributed by atoms with Gasteiger partial charge in [-0.2, -0.15) is 0 Å². The zero-order valence-electron chi connectivity index (χ0n) is 36.1. The SMILES string of the molecule is C=C(N=C(N=C(C)c1ccc2ccccc2c1)c1ccccc1C1(c2ccccc2)c2ccccc2C2(c3ccccc3)c3ccccc3-c3cccc1c32)c1ccc2ccccc2c1. The molecule has 0 radical (unpaired) electrons. The number of benzene rings is 10. The van der Waals surface area contributed by atoms with E-state index in [2.05, 4.69) is 250 Å². The first-order valence-electron chi connectivity index (χ1n) is 22.4. The number of nitrogens with zero attached hydrogens (tertiary/aromatic N) is 2. The van der Waals surface area contributed by atoms with Gasteiger partial charge in [0.15, 0.2) is 5.84 Å². The zero-order valence-corrected chi connectivity index (χ0v) is 36.1. The Bertz CT molecular complexity index is 3580. The van der Waals surface area contributed by atoms with Crippen LogP contribution in [0.25, 0.3) is 38.4 Å². The van der Waals surface area contributed by atoms with Crippen LogP contribution in [0.5, 0.6) is 0 Å². The lowest BCUT2D eigenvalue weighted by Crippen LogP contribution is -2.45. The van der Waals surface area contributed by atoms with E-state index in [9.17, 15) is 0 Å². The number of hydrogen-bond donors (Lipinski definition) is 0. The van der Waals surface area contributed by atoms with E-state index in [0.29, 0.717) is 11.5 Å². The first-order valence-corrected chi connectivity index (χ1v) is 22.4. The molecule has 0 bridgehead atoms. The highest BCUT2D eigenvalue weighted by molar-refractivity contribution is 6.14. The van der Waals surface area contributed by atoms with Gasteiger partial charge in [-0.1, -0.05) is 231 Å². The lowest BCUT2D eigenvalue weighted by atomic mass is 9.51. The number of hydrogen-bond acceptors (Lipinski definition) is 1. The fourth-order valence-corrected chi connectivity index (χ4v) is 11.2. The van der Waals surface area contributed by atoms with E-state index in [1.54, 1.807) is 0 Å². The maximum absolute atomic E-state index is 5.59. The summed E-state index contributed by atoms with van der Waals surface area (Å²) in [5.74, 6) is 0.605. The van der Waals surface area contributed by atoms with Crippen LogP contribution in [0.3, 0.4) is 0 Å². The molecule has 2 atom stereocenters. The van der Waals surface area contributed by atoms with Crippen LogP contribution >= 0.6 is 0 Å². The summed E-state index contributed by atoms with van der Waals surface area (Å²) in [6.07, 6.45) is 0. The van der Waals surface area contributed by atoms with Gasteiger partial charge in [0.2, 0.25) is 0 Å². The van der Waals surface area contributed by atoms with E-state index in [1.807, 2.05) is 0 Å². The minimum absolute atomic E-state index is 0.556. The highest BCUT2D eigenvalue weighted by atomic mass is 14.9. The molecule has 0 fully saturated rings. The summed E-state index contributed by atoms with van der Waals surface area (Å²) >= 11 is 0. The average Bonchev–Trinajstić information content (AvgIpc) is 3.68. The van der Waals surface area contributed by atoms with Gasteiger partial charge in [-0.05, 0) is 102 Å². The summed E-state index contributed by atoms with van der Waals surface area (Å²) in [6.45, 7) is 6.74. The third-order valence-electron chi connectivity index (χ3n) is 13.9. The van der Waals surface area contributed by atoms with Gasteiger partial charge in [0, 0.05) is 16.8 Å². The van der Waals surface area contributed by atoms with Gasteiger partial charge >= 0.3 is 0 Å². The van der Waals surface area contributed by atoms with Crippen LogP contribution in [0.15, 0.2) is 253 Å². The molecule has 2 aliphatic carbocycles. The van der Waals surface area contributed by atoms with Gasteiger partial charge in [0.1, 0.15) is 0 Å². The van der Waals surface area contributed by atoms with Crippen molar-refractivity contribution in [3.63, 3.8) is 0 Å². The van der Waals surface area contributed by atoms with Crippen LogP contribution in [0, 0.1) is 0 Å². The monoisotopic (exact) mass is 828 g/mol. The summed E-state index contributed by atoms with van der Waals surface area (Å²) in [4.78, 5) is 11.1. The minimum Gasteiger partial charge on any atom is -0.233 e. The van der Waals surface area contributed by atoms with Crippen LogP contribution in [0.1, 0.15) is 68.1 Å². The summed E-state index contributed by atoms with van der Waals surface area (Å²) in [5.41, 5.74) is 15.5. The summed E-state index contributed by atoms with van der Waals surface area (Å²) in [5, 5.41) is 4.68. The second kappa shape index (κ2) is 15.3. The van der Waals surface area contributed by atoms with Crippen molar-refractivity contribution in [2.75, 3.05) is 0 Å². The van der Waals surface area contributed by atoms with Crippen molar-refractivity contribution in [3.8, 4) is 11.1 Å². The van der Waals surface area contributed by atoms with Crippen molar-refractivity contribution in [3.05, 3.63) is 304 Å². The Morgan fingerprint density at radius 1 is 0.369 bits per heavy atom. The van der Waals surface area contributed by atoms with Gasteiger partial charge in [0.05, 0.1) is 16.5 Å². The quantitative estimate of drug-likeness (QED) is 0.113. The largest absolute Gasteiger partial charge is 0.233 e. The first-order chi connectivity index (χ1) is 32.1. The fraction of sp³-hybridized carbons (Fsp3) is 0.0476. The molecule has 0 saturated carbocycles. The second-order valence-electron chi connectivity index (χ2n) is 17.3. The molecule has 0 N–H and O–H groups in total. The Labute approximate surface area is 380 Å². The molecular formula is C63H44N2. The zero-order chi connectivity index (χ0) is 43.5.